The molecule has 0 saturated heterocycles. The minimum atomic E-state index is -1.04. The topological polar surface area (TPSA) is 92.2 Å². The Morgan fingerprint density at radius 3 is 2.55 bits per heavy atom. The third-order valence-corrected chi connectivity index (χ3v) is 7.19. The van der Waals surface area contributed by atoms with Crippen molar-refractivity contribution < 1.29 is 14.4 Å². The normalized spacial score (nSPS) is 22.8. The van der Waals surface area contributed by atoms with E-state index in [9.17, 15) is 5.11 Å². The van der Waals surface area contributed by atoms with Crippen LogP contribution in [0.2, 0.25) is 10.0 Å². The molecule has 0 atom stereocenters. The Labute approximate surface area is 202 Å². The molecule has 0 spiro atoms. The zero-order valence-electron chi connectivity index (χ0n) is 17.9. The Morgan fingerprint density at radius 1 is 1.15 bits per heavy atom. The molecule has 3 aromatic rings. The highest BCUT2D eigenvalue weighted by atomic mass is 35.5. The summed E-state index contributed by atoms with van der Waals surface area (Å²) in [5.74, 6) is 1.21. The number of aliphatic hydroxyl groups is 1. The maximum Gasteiger partial charge on any atom is 0.145 e. The fraction of sp³-hybridized carbons (Fsp3) is 0.400. The lowest BCUT2D eigenvalue weighted by Crippen LogP contribution is -2.35. The quantitative estimate of drug-likeness (QED) is 0.452. The maximum atomic E-state index is 11.1. The fourth-order valence-corrected chi connectivity index (χ4v) is 5.07. The number of rotatable bonds is 6. The Kier molecular flexibility index (Phi) is 6.15. The van der Waals surface area contributed by atoms with Gasteiger partial charge in [0.25, 0.3) is 0 Å². The van der Waals surface area contributed by atoms with Crippen LogP contribution in [-0.4, -0.2) is 21.4 Å². The minimum absolute atomic E-state index is 0.0130. The van der Waals surface area contributed by atoms with Crippen LogP contribution >= 0.6 is 23.2 Å². The molecule has 0 aliphatic heterocycles. The van der Waals surface area contributed by atoms with Gasteiger partial charge < -0.3 is 14.4 Å². The van der Waals surface area contributed by atoms with Gasteiger partial charge in [-0.2, -0.15) is 5.26 Å². The van der Waals surface area contributed by atoms with E-state index in [2.05, 4.69) is 16.2 Å². The lowest BCUT2D eigenvalue weighted by molar-refractivity contribution is -0.0662. The van der Waals surface area contributed by atoms with Crippen LogP contribution in [0, 0.1) is 11.3 Å². The van der Waals surface area contributed by atoms with Crippen LogP contribution in [0.25, 0.3) is 11.3 Å². The number of hydrogen-bond donors (Lipinski definition) is 1. The molecule has 0 radical (unpaired) electrons. The molecular formula is C25H23Cl2N3O3. The predicted molar refractivity (Wildman–Crippen MR) is 124 cm³/mol. The SMILES string of the molecule is N#Cc1ccnc([C@]2(O)CC[C@@H](OCc3c(-c4c(Cl)cccc4Cl)noc3C3CC3)CC2)c1. The van der Waals surface area contributed by atoms with Gasteiger partial charge >= 0.3 is 0 Å². The summed E-state index contributed by atoms with van der Waals surface area (Å²) in [6.07, 6.45) is 6.10. The van der Waals surface area contributed by atoms with Gasteiger partial charge in [-0.25, -0.2) is 0 Å². The molecule has 0 unspecified atom stereocenters. The second-order valence-electron chi connectivity index (χ2n) is 8.83. The number of aromatic nitrogens is 2. The Bertz CT molecular complexity index is 1190. The second-order valence-corrected chi connectivity index (χ2v) is 9.64. The molecule has 1 aromatic carbocycles. The van der Waals surface area contributed by atoms with Crippen molar-refractivity contribution >= 4 is 23.2 Å². The van der Waals surface area contributed by atoms with Gasteiger partial charge in [0.2, 0.25) is 0 Å². The van der Waals surface area contributed by atoms with E-state index in [1.165, 1.54) is 0 Å². The van der Waals surface area contributed by atoms with E-state index in [0.29, 0.717) is 70.8 Å². The van der Waals surface area contributed by atoms with Crippen molar-refractivity contribution in [2.24, 2.45) is 0 Å². The van der Waals surface area contributed by atoms with E-state index in [1.807, 2.05) is 0 Å². The molecule has 1 N–H and O–H groups in total. The van der Waals surface area contributed by atoms with Crippen molar-refractivity contribution in [3.63, 3.8) is 0 Å². The van der Waals surface area contributed by atoms with E-state index in [4.69, 9.17) is 37.7 Å². The Balaban J connectivity index is 1.31. The van der Waals surface area contributed by atoms with E-state index in [0.717, 1.165) is 24.2 Å². The largest absolute Gasteiger partial charge is 0.384 e. The van der Waals surface area contributed by atoms with Crippen molar-refractivity contribution in [1.29, 1.82) is 5.26 Å². The van der Waals surface area contributed by atoms with Crippen molar-refractivity contribution in [3.05, 3.63) is 69.2 Å². The Morgan fingerprint density at radius 2 is 1.88 bits per heavy atom. The van der Waals surface area contributed by atoms with Gasteiger partial charge in [0, 0.05) is 23.2 Å². The van der Waals surface area contributed by atoms with E-state index < -0.39 is 5.60 Å². The highest BCUT2D eigenvalue weighted by molar-refractivity contribution is 6.39. The van der Waals surface area contributed by atoms with Crippen LogP contribution in [-0.2, 0) is 16.9 Å². The number of hydrogen-bond acceptors (Lipinski definition) is 6. The van der Waals surface area contributed by atoms with Gasteiger partial charge in [-0.3, -0.25) is 4.98 Å². The minimum Gasteiger partial charge on any atom is -0.384 e. The first-order valence-electron chi connectivity index (χ1n) is 11.1. The smallest absolute Gasteiger partial charge is 0.145 e. The predicted octanol–water partition coefficient (Wildman–Crippen LogP) is 6.14. The maximum absolute atomic E-state index is 11.1. The standard InChI is InChI=1S/C25H23Cl2N3O3/c26-19-2-1-3-20(27)22(19)23-18(24(33-30-23)16-4-5-16)14-32-17-6-9-25(31,10-7-17)21-12-15(13-28)8-11-29-21/h1-3,8,11-12,16-17,31H,4-7,9-10,14H2/t17-,25+. The molecule has 5 rings (SSSR count). The van der Waals surface area contributed by atoms with Crippen LogP contribution in [0.3, 0.4) is 0 Å². The van der Waals surface area contributed by atoms with Crippen LogP contribution < -0.4 is 0 Å². The highest BCUT2D eigenvalue weighted by Gasteiger charge is 2.38. The van der Waals surface area contributed by atoms with E-state index in [1.54, 1.807) is 36.5 Å². The molecule has 2 fully saturated rings. The highest BCUT2D eigenvalue weighted by Crippen LogP contribution is 2.46. The molecule has 0 amide bonds. The summed E-state index contributed by atoms with van der Waals surface area (Å²) in [6, 6.07) is 10.8. The average molecular weight is 484 g/mol. The van der Waals surface area contributed by atoms with Gasteiger partial charge in [-0.05, 0) is 62.8 Å². The third kappa shape index (κ3) is 4.51. The number of halogens is 2. The average Bonchev–Trinajstić information content (AvgIpc) is 3.59. The zero-order valence-corrected chi connectivity index (χ0v) is 19.4. The number of nitrogens with zero attached hydrogens (tertiary/aromatic N) is 3. The molecule has 2 aromatic heterocycles. The van der Waals surface area contributed by atoms with Gasteiger partial charge in [0.15, 0.2) is 0 Å². The molecule has 2 aliphatic carbocycles. The van der Waals surface area contributed by atoms with Gasteiger partial charge in [0.05, 0.1) is 40.1 Å². The molecule has 6 nitrogen and oxygen atoms in total. The summed E-state index contributed by atoms with van der Waals surface area (Å²) in [7, 11) is 0. The summed E-state index contributed by atoms with van der Waals surface area (Å²) < 4.78 is 12.0. The van der Waals surface area contributed by atoms with Gasteiger partial charge in [-0.15, -0.1) is 0 Å². The zero-order chi connectivity index (χ0) is 23.0. The Hall–Kier alpha value is -2.43. The summed E-state index contributed by atoms with van der Waals surface area (Å²) in [4.78, 5) is 4.31. The van der Waals surface area contributed by atoms with E-state index >= 15 is 0 Å². The number of nitriles is 1. The second kappa shape index (κ2) is 9.08. The molecule has 33 heavy (non-hydrogen) atoms. The first kappa shape index (κ1) is 22.4. The number of pyridine rings is 1. The summed E-state index contributed by atoms with van der Waals surface area (Å²) >= 11 is 12.9. The van der Waals surface area contributed by atoms with Crippen molar-refractivity contribution in [2.45, 2.75) is 62.8 Å². The van der Waals surface area contributed by atoms with Crippen molar-refractivity contribution in [3.8, 4) is 17.3 Å². The summed E-state index contributed by atoms with van der Waals surface area (Å²) in [5.41, 5.74) is 2.20. The third-order valence-electron chi connectivity index (χ3n) is 6.56. The lowest BCUT2D eigenvalue weighted by Gasteiger charge is -2.35. The van der Waals surface area contributed by atoms with E-state index in [-0.39, 0.29) is 6.10 Å². The van der Waals surface area contributed by atoms with Gasteiger partial charge in [0.1, 0.15) is 17.1 Å². The monoisotopic (exact) mass is 483 g/mol. The molecule has 0 bridgehead atoms. The van der Waals surface area contributed by atoms with Crippen LogP contribution in [0.15, 0.2) is 41.1 Å². The van der Waals surface area contributed by atoms with Crippen LogP contribution in [0.5, 0.6) is 0 Å². The van der Waals surface area contributed by atoms with Gasteiger partial charge in [-0.1, -0.05) is 34.4 Å². The van der Waals surface area contributed by atoms with Crippen molar-refractivity contribution in [1.82, 2.24) is 10.1 Å². The summed E-state index contributed by atoms with van der Waals surface area (Å²) in [5, 5.41) is 25.6. The molecule has 2 heterocycles. The molecular weight excluding hydrogens is 461 g/mol. The van der Waals surface area contributed by atoms with Crippen LogP contribution in [0.4, 0.5) is 0 Å². The number of benzene rings is 1. The first-order chi connectivity index (χ1) is 16.0. The first-order valence-corrected chi connectivity index (χ1v) is 11.9. The number of ether oxygens (including phenoxy) is 1. The van der Waals surface area contributed by atoms with Crippen LogP contribution in [0.1, 0.15) is 67.0 Å². The molecule has 2 saturated carbocycles. The fourth-order valence-electron chi connectivity index (χ4n) is 4.50. The summed E-state index contributed by atoms with van der Waals surface area (Å²) in [6.45, 7) is 0.345. The van der Waals surface area contributed by atoms with Crippen molar-refractivity contribution in [2.75, 3.05) is 0 Å². The molecule has 2 aliphatic rings. The molecule has 170 valence electrons. The lowest BCUT2D eigenvalue weighted by atomic mass is 9.80. The molecule has 8 heteroatoms.